The van der Waals surface area contributed by atoms with Crippen molar-refractivity contribution in [2.45, 2.75) is 51.2 Å². The molecule has 4 nitrogen and oxygen atoms in total. The molecule has 0 unspecified atom stereocenters. The maximum Gasteiger partial charge on any atom is 0.119 e. The third-order valence-corrected chi connectivity index (χ3v) is 5.50. The molecule has 1 aliphatic carbocycles. The van der Waals surface area contributed by atoms with Gasteiger partial charge >= 0.3 is 0 Å². The van der Waals surface area contributed by atoms with Crippen molar-refractivity contribution in [2.24, 2.45) is 0 Å². The molecule has 0 amide bonds. The van der Waals surface area contributed by atoms with Crippen molar-refractivity contribution in [1.29, 1.82) is 0 Å². The molecular weight excluding hydrogens is 300 g/mol. The lowest BCUT2D eigenvalue weighted by molar-refractivity contribution is 0.0475. The molecule has 4 heteroatoms. The van der Waals surface area contributed by atoms with Crippen LogP contribution < -0.4 is 4.74 Å². The average molecular weight is 332 g/mol. The Labute approximate surface area is 146 Å². The van der Waals surface area contributed by atoms with E-state index < -0.39 is 6.10 Å². The quantitative estimate of drug-likeness (QED) is 0.868. The summed E-state index contributed by atoms with van der Waals surface area (Å²) in [4.78, 5) is 5.08. The van der Waals surface area contributed by atoms with Crippen LogP contribution in [-0.4, -0.2) is 60.3 Å². The molecule has 1 aromatic carbocycles. The van der Waals surface area contributed by atoms with Gasteiger partial charge in [-0.15, -0.1) is 0 Å². The van der Waals surface area contributed by atoms with Gasteiger partial charge in [-0.2, -0.15) is 0 Å². The number of aliphatic hydroxyl groups excluding tert-OH is 1. The molecule has 1 saturated heterocycles. The topological polar surface area (TPSA) is 35.9 Å². The van der Waals surface area contributed by atoms with Crippen molar-refractivity contribution in [2.75, 3.05) is 39.3 Å². The third-order valence-electron chi connectivity index (χ3n) is 5.50. The first-order chi connectivity index (χ1) is 11.8. The SMILES string of the molecule is CCOc1ccc([C@@H](O)CN2CCN(C3CCCCC3)CC2)cc1. The molecule has 0 bridgehead atoms. The van der Waals surface area contributed by atoms with Crippen LogP contribution >= 0.6 is 0 Å². The normalized spacial score (nSPS) is 22.4. The van der Waals surface area contributed by atoms with E-state index in [4.69, 9.17) is 4.74 Å². The zero-order valence-corrected chi connectivity index (χ0v) is 15.0. The summed E-state index contributed by atoms with van der Waals surface area (Å²) >= 11 is 0. The second-order valence-electron chi connectivity index (χ2n) is 7.15. The summed E-state index contributed by atoms with van der Waals surface area (Å²) in [5.41, 5.74) is 0.980. The summed E-state index contributed by atoms with van der Waals surface area (Å²) in [6, 6.07) is 8.67. The second kappa shape index (κ2) is 8.84. The van der Waals surface area contributed by atoms with Gasteiger partial charge in [0, 0.05) is 38.8 Å². The average Bonchev–Trinajstić information content (AvgIpc) is 2.64. The summed E-state index contributed by atoms with van der Waals surface area (Å²) in [5, 5.41) is 10.5. The molecule has 1 aliphatic heterocycles. The highest BCUT2D eigenvalue weighted by Gasteiger charge is 2.26. The third kappa shape index (κ3) is 4.71. The van der Waals surface area contributed by atoms with E-state index in [1.54, 1.807) is 0 Å². The van der Waals surface area contributed by atoms with Gasteiger partial charge in [0.2, 0.25) is 0 Å². The van der Waals surface area contributed by atoms with Gasteiger partial charge in [-0.1, -0.05) is 31.4 Å². The smallest absolute Gasteiger partial charge is 0.119 e. The van der Waals surface area contributed by atoms with Crippen molar-refractivity contribution in [1.82, 2.24) is 9.80 Å². The van der Waals surface area contributed by atoms with Crippen LogP contribution in [0.4, 0.5) is 0 Å². The fourth-order valence-electron chi connectivity index (χ4n) is 4.06. The highest BCUT2D eigenvalue weighted by atomic mass is 16.5. The molecule has 1 N–H and O–H groups in total. The van der Waals surface area contributed by atoms with Gasteiger partial charge in [-0.25, -0.2) is 0 Å². The Bertz CT molecular complexity index is 477. The molecular formula is C20H32N2O2. The monoisotopic (exact) mass is 332 g/mol. The number of hydrogen-bond acceptors (Lipinski definition) is 4. The Balaban J connectivity index is 1.44. The van der Waals surface area contributed by atoms with E-state index in [-0.39, 0.29) is 0 Å². The zero-order chi connectivity index (χ0) is 16.8. The van der Waals surface area contributed by atoms with Gasteiger partial charge in [0.15, 0.2) is 0 Å². The number of nitrogens with zero attached hydrogens (tertiary/aromatic N) is 2. The first-order valence-corrected chi connectivity index (χ1v) is 9.63. The zero-order valence-electron chi connectivity index (χ0n) is 15.0. The highest BCUT2D eigenvalue weighted by molar-refractivity contribution is 5.28. The molecule has 2 fully saturated rings. The van der Waals surface area contributed by atoms with E-state index >= 15 is 0 Å². The van der Waals surface area contributed by atoms with Crippen LogP contribution in [0.15, 0.2) is 24.3 Å². The van der Waals surface area contributed by atoms with Crippen molar-refractivity contribution >= 4 is 0 Å². The van der Waals surface area contributed by atoms with E-state index in [0.29, 0.717) is 6.61 Å². The van der Waals surface area contributed by atoms with Crippen molar-refractivity contribution in [3.05, 3.63) is 29.8 Å². The Kier molecular flexibility index (Phi) is 6.52. The summed E-state index contributed by atoms with van der Waals surface area (Å²) in [7, 11) is 0. The lowest BCUT2D eigenvalue weighted by Crippen LogP contribution is -2.51. The predicted octanol–water partition coefficient (Wildman–Crippen LogP) is 3.07. The fraction of sp³-hybridized carbons (Fsp3) is 0.700. The van der Waals surface area contributed by atoms with Crippen LogP contribution in [0.5, 0.6) is 5.75 Å². The molecule has 0 aromatic heterocycles. The van der Waals surface area contributed by atoms with Crippen LogP contribution in [-0.2, 0) is 0 Å². The van der Waals surface area contributed by atoms with E-state index in [2.05, 4.69) is 9.80 Å². The van der Waals surface area contributed by atoms with Crippen LogP contribution in [0, 0.1) is 0 Å². The van der Waals surface area contributed by atoms with Crippen LogP contribution in [0.25, 0.3) is 0 Å². The molecule has 24 heavy (non-hydrogen) atoms. The lowest BCUT2D eigenvalue weighted by Gasteiger charge is -2.41. The summed E-state index contributed by atoms with van der Waals surface area (Å²) in [6.07, 6.45) is 6.58. The number of β-amino-alcohol motifs (C(OH)–C–C–N with tert-alkyl or cyclic N) is 1. The molecule has 1 aromatic rings. The number of ether oxygens (including phenoxy) is 1. The van der Waals surface area contributed by atoms with E-state index in [0.717, 1.165) is 50.1 Å². The van der Waals surface area contributed by atoms with E-state index in [1.165, 1.54) is 32.1 Å². The van der Waals surface area contributed by atoms with Gasteiger partial charge in [0.25, 0.3) is 0 Å². The van der Waals surface area contributed by atoms with Gasteiger partial charge in [0.05, 0.1) is 12.7 Å². The number of rotatable bonds is 6. The fourth-order valence-corrected chi connectivity index (χ4v) is 4.06. The molecule has 1 atom stereocenters. The number of hydrogen-bond donors (Lipinski definition) is 1. The molecule has 134 valence electrons. The Hall–Kier alpha value is -1.10. The van der Waals surface area contributed by atoms with Crippen LogP contribution in [0.3, 0.4) is 0 Å². The van der Waals surface area contributed by atoms with Gasteiger partial charge in [-0.3, -0.25) is 9.80 Å². The standard InChI is InChI=1S/C20H32N2O2/c1-2-24-19-10-8-17(9-11-19)20(23)16-21-12-14-22(15-13-21)18-6-4-3-5-7-18/h8-11,18,20,23H,2-7,12-16H2,1H3/t20-/m0/s1. The lowest BCUT2D eigenvalue weighted by atomic mass is 9.94. The second-order valence-corrected chi connectivity index (χ2v) is 7.15. The number of benzene rings is 1. The first-order valence-electron chi connectivity index (χ1n) is 9.63. The summed E-state index contributed by atoms with van der Waals surface area (Å²) in [6.45, 7) is 7.84. The predicted molar refractivity (Wildman–Crippen MR) is 97.5 cm³/mol. The maximum atomic E-state index is 10.5. The van der Waals surface area contributed by atoms with Gasteiger partial charge in [-0.05, 0) is 37.5 Å². The molecule has 1 heterocycles. The first kappa shape index (κ1) is 17.7. The molecule has 0 radical (unpaired) electrons. The minimum absolute atomic E-state index is 0.415. The van der Waals surface area contributed by atoms with E-state index in [9.17, 15) is 5.11 Å². The Morgan fingerprint density at radius 1 is 1.04 bits per heavy atom. The van der Waals surface area contributed by atoms with Crippen LogP contribution in [0.1, 0.15) is 50.7 Å². The number of aliphatic hydroxyl groups is 1. The Morgan fingerprint density at radius 3 is 2.33 bits per heavy atom. The number of piperazine rings is 1. The van der Waals surface area contributed by atoms with Gasteiger partial charge < -0.3 is 9.84 Å². The van der Waals surface area contributed by atoms with Crippen molar-refractivity contribution in [3.8, 4) is 5.75 Å². The summed E-state index contributed by atoms with van der Waals surface area (Å²) in [5.74, 6) is 0.870. The summed E-state index contributed by atoms with van der Waals surface area (Å²) < 4.78 is 5.46. The van der Waals surface area contributed by atoms with Crippen molar-refractivity contribution in [3.63, 3.8) is 0 Å². The molecule has 2 aliphatic rings. The minimum atomic E-state index is -0.415. The van der Waals surface area contributed by atoms with Crippen LogP contribution in [0.2, 0.25) is 0 Å². The molecule has 3 rings (SSSR count). The maximum absolute atomic E-state index is 10.5. The van der Waals surface area contributed by atoms with Gasteiger partial charge in [0.1, 0.15) is 5.75 Å². The van der Waals surface area contributed by atoms with Crippen molar-refractivity contribution < 1.29 is 9.84 Å². The highest BCUT2D eigenvalue weighted by Crippen LogP contribution is 2.24. The molecule has 1 saturated carbocycles. The largest absolute Gasteiger partial charge is 0.494 e. The Morgan fingerprint density at radius 2 is 1.71 bits per heavy atom. The molecule has 0 spiro atoms. The minimum Gasteiger partial charge on any atom is -0.494 e. The van der Waals surface area contributed by atoms with E-state index in [1.807, 2.05) is 31.2 Å².